The third-order valence-electron chi connectivity index (χ3n) is 3.65. The first-order valence-corrected chi connectivity index (χ1v) is 6.90. The molecule has 0 heterocycles. The fourth-order valence-electron chi connectivity index (χ4n) is 2.57. The van der Waals surface area contributed by atoms with Gasteiger partial charge in [-0.1, -0.05) is 25.0 Å². The second-order valence-corrected chi connectivity index (χ2v) is 5.30. The van der Waals surface area contributed by atoms with Crippen molar-refractivity contribution in [1.29, 1.82) is 0 Å². The van der Waals surface area contributed by atoms with E-state index in [9.17, 15) is 4.39 Å². The van der Waals surface area contributed by atoms with E-state index >= 15 is 0 Å². The van der Waals surface area contributed by atoms with E-state index in [0.717, 1.165) is 25.7 Å². The predicted molar refractivity (Wildman–Crippen MR) is 73.0 cm³/mol. The van der Waals surface area contributed by atoms with Crippen LogP contribution < -0.4 is 5.32 Å². The molecular weight excluding hydrogens is 227 g/mol. The molecule has 0 unspecified atom stereocenters. The minimum absolute atomic E-state index is 0.163. The highest BCUT2D eigenvalue weighted by molar-refractivity contribution is 5.15. The molecular formula is C15H23FN2. The largest absolute Gasteiger partial charge is 0.313 e. The molecule has 3 heteroatoms. The predicted octanol–water partition coefficient (Wildman–Crippen LogP) is 2.79. The van der Waals surface area contributed by atoms with Crippen molar-refractivity contribution in [2.75, 3.05) is 20.1 Å². The van der Waals surface area contributed by atoms with Gasteiger partial charge in [0, 0.05) is 25.7 Å². The Morgan fingerprint density at radius 1 is 1.22 bits per heavy atom. The van der Waals surface area contributed by atoms with Crippen LogP contribution in [0, 0.1) is 5.82 Å². The van der Waals surface area contributed by atoms with Gasteiger partial charge in [0.25, 0.3) is 0 Å². The number of nitrogens with one attached hydrogen (secondary N) is 1. The molecule has 1 aliphatic rings. The summed E-state index contributed by atoms with van der Waals surface area (Å²) in [6.45, 7) is 2.96. The Labute approximate surface area is 109 Å². The highest BCUT2D eigenvalue weighted by Gasteiger charge is 2.13. The summed E-state index contributed by atoms with van der Waals surface area (Å²) in [5.41, 5.74) is 1.17. The SMILES string of the molecule is CN(CCNC1CCCC1)Cc1ccc(F)cc1. The zero-order chi connectivity index (χ0) is 12.8. The van der Waals surface area contributed by atoms with Gasteiger partial charge in [-0.3, -0.25) is 0 Å². The number of halogens is 1. The molecule has 1 aromatic carbocycles. The second-order valence-electron chi connectivity index (χ2n) is 5.30. The van der Waals surface area contributed by atoms with Gasteiger partial charge in [0.2, 0.25) is 0 Å². The molecule has 0 radical (unpaired) electrons. The minimum atomic E-state index is -0.163. The van der Waals surface area contributed by atoms with Crippen molar-refractivity contribution in [1.82, 2.24) is 10.2 Å². The van der Waals surface area contributed by atoms with Crippen LogP contribution in [0.4, 0.5) is 4.39 Å². The maximum Gasteiger partial charge on any atom is 0.123 e. The van der Waals surface area contributed by atoms with Gasteiger partial charge in [-0.25, -0.2) is 4.39 Å². The third kappa shape index (κ3) is 4.39. The van der Waals surface area contributed by atoms with Crippen LogP contribution in [0.15, 0.2) is 24.3 Å². The first kappa shape index (κ1) is 13.5. The zero-order valence-electron chi connectivity index (χ0n) is 11.2. The lowest BCUT2D eigenvalue weighted by atomic mass is 10.2. The summed E-state index contributed by atoms with van der Waals surface area (Å²) in [4.78, 5) is 2.27. The smallest absolute Gasteiger partial charge is 0.123 e. The lowest BCUT2D eigenvalue weighted by molar-refractivity contribution is 0.316. The summed E-state index contributed by atoms with van der Waals surface area (Å²) in [6.07, 6.45) is 5.43. The van der Waals surface area contributed by atoms with Crippen molar-refractivity contribution in [2.45, 2.75) is 38.3 Å². The van der Waals surface area contributed by atoms with Gasteiger partial charge < -0.3 is 10.2 Å². The number of rotatable bonds is 6. The van der Waals surface area contributed by atoms with Gasteiger partial charge in [-0.05, 0) is 37.6 Å². The standard InChI is InChI=1S/C15H23FN2/c1-18(11-10-17-15-4-2-3-5-15)12-13-6-8-14(16)9-7-13/h6-9,15,17H,2-5,10-12H2,1H3. The number of hydrogen-bond donors (Lipinski definition) is 1. The van der Waals surface area contributed by atoms with E-state index in [1.165, 1.54) is 43.4 Å². The molecule has 0 atom stereocenters. The van der Waals surface area contributed by atoms with Crippen LogP contribution in [-0.2, 0) is 6.54 Å². The van der Waals surface area contributed by atoms with Gasteiger partial charge in [0.1, 0.15) is 5.82 Å². The summed E-state index contributed by atoms with van der Waals surface area (Å²) in [5, 5.41) is 3.61. The minimum Gasteiger partial charge on any atom is -0.313 e. The van der Waals surface area contributed by atoms with E-state index in [-0.39, 0.29) is 5.82 Å². The number of likely N-dealkylation sites (N-methyl/N-ethyl adjacent to an activating group) is 1. The molecule has 1 aromatic rings. The Kier molecular flexibility index (Phi) is 5.14. The van der Waals surface area contributed by atoms with E-state index in [1.807, 2.05) is 12.1 Å². The fourth-order valence-corrected chi connectivity index (χ4v) is 2.57. The van der Waals surface area contributed by atoms with Crippen molar-refractivity contribution in [2.24, 2.45) is 0 Å². The molecule has 1 aliphatic carbocycles. The molecule has 18 heavy (non-hydrogen) atoms. The van der Waals surface area contributed by atoms with Crippen LogP contribution in [0.3, 0.4) is 0 Å². The van der Waals surface area contributed by atoms with Gasteiger partial charge in [-0.2, -0.15) is 0 Å². The maximum atomic E-state index is 12.8. The number of nitrogens with zero attached hydrogens (tertiary/aromatic N) is 1. The molecule has 0 aromatic heterocycles. The quantitative estimate of drug-likeness (QED) is 0.835. The fraction of sp³-hybridized carbons (Fsp3) is 0.600. The number of benzene rings is 1. The normalized spacial score (nSPS) is 16.6. The lowest BCUT2D eigenvalue weighted by Gasteiger charge is -2.19. The van der Waals surface area contributed by atoms with E-state index in [0.29, 0.717) is 0 Å². The molecule has 100 valence electrons. The maximum absolute atomic E-state index is 12.8. The summed E-state index contributed by atoms with van der Waals surface area (Å²) in [6, 6.07) is 7.51. The van der Waals surface area contributed by atoms with Crippen molar-refractivity contribution in [3.8, 4) is 0 Å². The van der Waals surface area contributed by atoms with E-state index in [2.05, 4.69) is 17.3 Å². The van der Waals surface area contributed by atoms with Crippen LogP contribution in [0.2, 0.25) is 0 Å². The monoisotopic (exact) mass is 250 g/mol. The Bertz CT molecular complexity index is 344. The Morgan fingerprint density at radius 3 is 2.56 bits per heavy atom. The molecule has 1 fully saturated rings. The van der Waals surface area contributed by atoms with Crippen molar-refractivity contribution < 1.29 is 4.39 Å². The second kappa shape index (κ2) is 6.86. The summed E-state index contributed by atoms with van der Waals surface area (Å²) in [5.74, 6) is -0.163. The topological polar surface area (TPSA) is 15.3 Å². The average Bonchev–Trinajstić information content (AvgIpc) is 2.85. The van der Waals surface area contributed by atoms with Crippen molar-refractivity contribution >= 4 is 0 Å². The van der Waals surface area contributed by atoms with Gasteiger partial charge in [0.15, 0.2) is 0 Å². The molecule has 0 aliphatic heterocycles. The molecule has 1 N–H and O–H groups in total. The van der Waals surface area contributed by atoms with E-state index in [4.69, 9.17) is 0 Å². The van der Waals surface area contributed by atoms with E-state index < -0.39 is 0 Å². The van der Waals surface area contributed by atoms with Crippen molar-refractivity contribution in [3.63, 3.8) is 0 Å². The van der Waals surface area contributed by atoms with Gasteiger partial charge in [-0.15, -0.1) is 0 Å². The third-order valence-corrected chi connectivity index (χ3v) is 3.65. The molecule has 0 saturated heterocycles. The Balaban J connectivity index is 1.65. The molecule has 0 bridgehead atoms. The van der Waals surface area contributed by atoms with Gasteiger partial charge in [0.05, 0.1) is 0 Å². The molecule has 1 saturated carbocycles. The Hall–Kier alpha value is -0.930. The highest BCUT2D eigenvalue weighted by Crippen LogP contribution is 2.17. The molecule has 0 spiro atoms. The summed E-state index contributed by atoms with van der Waals surface area (Å²) < 4.78 is 12.8. The van der Waals surface area contributed by atoms with Crippen molar-refractivity contribution in [3.05, 3.63) is 35.6 Å². The van der Waals surface area contributed by atoms with E-state index in [1.54, 1.807) is 0 Å². The number of hydrogen-bond acceptors (Lipinski definition) is 2. The first-order valence-electron chi connectivity index (χ1n) is 6.90. The highest BCUT2D eigenvalue weighted by atomic mass is 19.1. The van der Waals surface area contributed by atoms with Crippen LogP contribution in [0.5, 0.6) is 0 Å². The summed E-state index contributed by atoms with van der Waals surface area (Å²) in [7, 11) is 2.11. The molecule has 2 rings (SSSR count). The first-order chi connectivity index (χ1) is 8.74. The summed E-state index contributed by atoms with van der Waals surface area (Å²) >= 11 is 0. The average molecular weight is 250 g/mol. The van der Waals surface area contributed by atoms with Crippen LogP contribution in [-0.4, -0.2) is 31.1 Å². The Morgan fingerprint density at radius 2 is 1.89 bits per heavy atom. The van der Waals surface area contributed by atoms with Gasteiger partial charge >= 0.3 is 0 Å². The molecule has 2 nitrogen and oxygen atoms in total. The van der Waals surface area contributed by atoms with Crippen LogP contribution >= 0.6 is 0 Å². The van der Waals surface area contributed by atoms with Crippen LogP contribution in [0.25, 0.3) is 0 Å². The van der Waals surface area contributed by atoms with Crippen LogP contribution in [0.1, 0.15) is 31.2 Å². The molecule has 0 amide bonds. The zero-order valence-corrected chi connectivity index (χ0v) is 11.2. The lowest BCUT2D eigenvalue weighted by Crippen LogP contribution is -2.34.